The van der Waals surface area contributed by atoms with Gasteiger partial charge in [-0.25, -0.2) is 19.0 Å². The Labute approximate surface area is 117 Å². The number of aromatic nitrogens is 4. The molecule has 2 aromatic rings. The van der Waals surface area contributed by atoms with Crippen molar-refractivity contribution in [2.24, 2.45) is 7.05 Å². The van der Waals surface area contributed by atoms with E-state index in [9.17, 15) is 4.39 Å². The fourth-order valence-electron chi connectivity index (χ4n) is 2.08. The van der Waals surface area contributed by atoms with Crippen molar-refractivity contribution in [1.29, 1.82) is 0 Å². The molecule has 0 radical (unpaired) electrons. The number of nitrogens with one attached hydrogen (secondary N) is 1. The minimum atomic E-state index is -0.434. The van der Waals surface area contributed by atoms with E-state index in [1.807, 2.05) is 13.8 Å². The molecule has 108 valence electrons. The molecule has 0 atom stereocenters. The lowest BCUT2D eigenvalue weighted by Crippen LogP contribution is -2.07. The van der Waals surface area contributed by atoms with Crippen LogP contribution in [0.15, 0.2) is 0 Å². The van der Waals surface area contributed by atoms with E-state index in [2.05, 4.69) is 20.4 Å². The monoisotopic (exact) mass is 279 g/mol. The molecule has 0 spiro atoms. The van der Waals surface area contributed by atoms with Crippen molar-refractivity contribution in [2.75, 3.05) is 19.0 Å². The zero-order chi connectivity index (χ0) is 14.9. The molecule has 0 aliphatic heterocycles. The van der Waals surface area contributed by atoms with E-state index in [-0.39, 0.29) is 11.5 Å². The summed E-state index contributed by atoms with van der Waals surface area (Å²) in [5, 5.41) is 7.18. The summed E-state index contributed by atoms with van der Waals surface area (Å²) in [6.45, 7) is 5.91. The summed E-state index contributed by atoms with van der Waals surface area (Å²) in [6.07, 6.45) is 0. The van der Waals surface area contributed by atoms with Gasteiger partial charge in [0.25, 0.3) is 0 Å². The van der Waals surface area contributed by atoms with E-state index in [0.29, 0.717) is 23.8 Å². The van der Waals surface area contributed by atoms with Crippen LogP contribution in [0, 0.1) is 19.7 Å². The van der Waals surface area contributed by atoms with Crippen LogP contribution in [-0.2, 0) is 7.05 Å². The second kappa shape index (κ2) is 5.44. The number of hydrogen-bond donors (Lipinski definition) is 1. The van der Waals surface area contributed by atoms with Crippen molar-refractivity contribution >= 4 is 5.82 Å². The maximum Gasteiger partial charge on any atom is 0.222 e. The summed E-state index contributed by atoms with van der Waals surface area (Å²) >= 11 is 0. The van der Waals surface area contributed by atoms with Crippen LogP contribution >= 0.6 is 0 Å². The van der Waals surface area contributed by atoms with E-state index in [4.69, 9.17) is 4.74 Å². The molecule has 0 unspecified atom stereocenters. The first-order chi connectivity index (χ1) is 9.49. The highest BCUT2D eigenvalue weighted by Crippen LogP contribution is 2.31. The third-order valence-electron chi connectivity index (χ3n) is 2.95. The normalized spacial score (nSPS) is 10.7. The molecule has 0 fully saturated rings. The Hall–Kier alpha value is -2.18. The van der Waals surface area contributed by atoms with Crippen LogP contribution in [0.25, 0.3) is 11.4 Å². The molecule has 2 heterocycles. The smallest absolute Gasteiger partial charge is 0.222 e. The van der Waals surface area contributed by atoms with Gasteiger partial charge in [-0.05, 0) is 20.8 Å². The van der Waals surface area contributed by atoms with E-state index in [1.54, 1.807) is 25.8 Å². The topological polar surface area (TPSA) is 64.9 Å². The lowest BCUT2D eigenvalue weighted by molar-refractivity contribution is 0.374. The second-order valence-corrected chi connectivity index (χ2v) is 4.42. The van der Waals surface area contributed by atoms with Crippen molar-refractivity contribution in [3.8, 4) is 17.3 Å². The Morgan fingerprint density at radius 3 is 2.55 bits per heavy atom. The van der Waals surface area contributed by atoms with Crippen molar-refractivity contribution in [1.82, 2.24) is 19.7 Å². The van der Waals surface area contributed by atoms with E-state index < -0.39 is 5.82 Å². The number of hydrogen-bond acceptors (Lipinski definition) is 5. The van der Waals surface area contributed by atoms with Gasteiger partial charge in [0, 0.05) is 13.6 Å². The van der Waals surface area contributed by atoms with Gasteiger partial charge in [-0.1, -0.05) is 0 Å². The molecule has 20 heavy (non-hydrogen) atoms. The van der Waals surface area contributed by atoms with Gasteiger partial charge in [-0.3, -0.25) is 0 Å². The van der Waals surface area contributed by atoms with Crippen LogP contribution in [-0.4, -0.2) is 33.4 Å². The molecule has 1 N–H and O–H groups in total. The molecule has 2 rings (SSSR count). The molecule has 6 nitrogen and oxygen atoms in total. The average Bonchev–Trinajstić information content (AvgIpc) is 2.69. The molecule has 0 aliphatic rings. The quantitative estimate of drug-likeness (QED) is 0.928. The maximum absolute atomic E-state index is 13.9. The first kappa shape index (κ1) is 14.2. The first-order valence-corrected chi connectivity index (χ1v) is 6.35. The van der Waals surface area contributed by atoms with E-state index in [1.165, 1.54) is 0 Å². The van der Waals surface area contributed by atoms with Gasteiger partial charge < -0.3 is 10.1 Å². The van der Waals surface area contributed by atoms with Crippen LogP contribution in [0.2, 0.25) is 0 Å². The molecule has 2 aromatic heterocycles. The van der Waals surface area contributed by atoms with Crippen LogP contribution in [0.5, 0.6) is 5.88 Å². The molecule has 0 aliphatic carbocycles. The summed E-state index contributed by atoms with van der Waals surface area (Å²) in [5.41, 5.74) is 1.70. The fourth-order valence-corrected chi connectivity index (χ4v) is 2.08. The predicted octanol–water partition coefficient (Wildman–Crippen LogP) is 2.07. The molecule has 7 heteroatoms. The first-order valence-electron chi connectivity index (χ1n) is 6.35. The number of aryl methyl sites for hydroxylation is 3. The van der Waals surface area contributed by atoms with Gasteiger partial charge in [0.1, 0.15) is 5.56 Å². The number of nitrogens with zero attached hydrogens (tertiary/aromatic N) is 4. The zero-order valence-corrected chi connectivity index (χ0v) is 12.3. The third-order valence-corrected chi connectivity index (χ3v) is 2.95. The Balaban J connectivity index is 2.64. The molecule has 0 aromatic carbocycles. The molecule has 0 saturated heterocycles. The fraction of sp³-hybridized carbons (Fsp3) is 0.462. The van der Waals surface area contributed by atoms with E-state index >= 15 is 0 Å². The molecule has 0 amide bonds. The van der Waals surface area contributed by atoms with Gasteiger partial charge in [0.2, 0.25) is 5.88 Å². The molecule has 0 saturated carbocycles. The van der Waals surface area contributed by atoms with Crippen molar-refractivity contribution in [2.45, 2.75) is 20.8 Å². The Morgan fingerprint density at radius 2 is 1.95 bits per heavy atom. The van der Waals surface area contributed by atoms with Gasteiger partial charge in [-0.2, -0.15) is 5.10 Å². The zero-order valence-electron chi connectivity index (χ0n) is 12.3. The van der Waals surface area contributed by atoms with Gasteiger partial charge in [0.05, 0.1) is 18.5 Å². The van der Waals surface area contributed by atoms with Crippen molar-refractivity contribution < 1.29 is 9.13 Å². The summed E-state index contributed by atoms with van der Waals surface area (Å²) in [7, 11) is 3.33. The van der Waals surface area contributed by atoms with Gasteiger partial charge >= 0.3 is 0 Å². The Kier molecular flexibility index (Phi) is 3.87. The third kappa shape index (κ3) is 2.31. The Bertz CT molecular complexity index is 638. The van der Waals surface area contributed by atoms with Crippen molar-refractivity contribution in [3.63, 3.8) is 0 Å². The summed E-state index contributed by atoms with van der Waals surface area (Å²) in [5.74, 6) is 0.717. The summed E-state index contributed by atoms with van der Waals surface area (Å²) in [6, 6.07) is 0. The number of methoxy groups -OCH3 is 1. The lowest BCUT2D eigenvalue weighted by Gasteiger charge is -2.09. The minimum Gasteiger partial charge on any atom is -0.481 e. The highest BCUT2D eigenvalue weighted by atomic mass is 19.1. The van der Waals surface area contributed by atoms with Crippen LogP contribution < -0.4 is 10.1 Å². The number of anilines is 1. The van der Waals surface area contributed by atoms with E-state index in [0.717, 1.165) is 5.69 Å². The minimum absolute atomic E-state index is 0.195. The molecular formula is C13H18FN5O. The Morgan fingerprint density at radius 1 is 1.25 bits per heavy atom. The number of ether oxygens (including phenoxy) is 1. The van der Waals surface area contributed by atoms with Crippen LogP contribution in [0.1, 0.15) is 18.3 Å². The standard InChI is InChI=1S/C13H18FN5O/c1-6-15-12-10(14)8(3)16-11(17-12)9-7(2)18-19(4)13(9)20-5/h6H2,1-5H3,(H,15,16,17). The number of halogens is 1. The molecular weight excluding hydrogens is 261 g/mol. The van der Waals surface area contributed by atoms with Crippen molar-refractivity contribution in [3.05, 3.63) is 17.2 Å². The SMILES string of the molecule is CCNc1nc(-c2c(C)nn(C)c2OC)nc(C)c1F. The molecule has 0 bridgehead atoms. The van der Waals surface area contributed by atoms with Crippen LogP contribution in [0.4, 0.5) is 10.2 Å². The van der Waals surface area contributed by atoms with Gasteiger partial charge in [-0.15, -0.1) is 0 Å². The van der Waals surface area contributed by atoms with Gasteiger partial charge in [0.15, 0.2) is 17.5 Å². The summed E-state index contributed by atoms with van der Waals surface area (Å²) < 4.78 is 20.9. The maximum atomic E-state index is 13.9. The highest BCUT2D eigenvalue weighted by Gasteiger charge is 2.21. The number of rotatable bonds is 4. The second-order valence-electron chi connectivity index (χ2n) is 4.42. The average molecular weight is 279 g/mol. The summed E-state index contributed by atoms with van der Waals surface area (Å²) in [4.78, 5) is 8.45. The lowest BCUT2D eigenvalue weighted by atomic mass is 10.2. The predicted molar refractivity (Wildman–Crippen MR) is 74.4 cm³/mol. The largest absolute Gasteiger partial charge is 0.481 e. The van der Waals surface area contributed by atoms with Crippen LogP contribution in [0.3, 0.4) is 0 Å². The highest BCUT2D eigenvalue weighted by molar-refractivity contribution is 5.66.